The van der Waals surface area contributed by atoms with E-state index in [1.54, 1.807) is 6.92 Å². The fourth-order valence-corrected chi connectivity index (χ4v) is 3.18. The molecule has 0 atom stereocenters. The van der Waals surface area contributed by atoms with Crippen LogP contribution in [0.15, 0.2) is 41.0 Å². The zero-order valence-corrected chi connectivity index (χ0v) is 17.3. The molecule has 2 aromatic rings. The van der Waals surface area contributed by atoms with Gasteiger partial charge in [-0.2, -0.15) is 10.1 Å². The van der Waals surface area contributed by atoms with E-state index in [9.17, 15) is 24.8 Å². The van der Waals surface area contributed by atoms with Crippen molar-refractivity contribution in [2.24, 2.45) is 5.10 Å². The maximum absolute atomic E-state index is 13.0. The molecule has 0 fully saturated rings. The first-order chi connectivity index (χ1) is 14.7. The Kier molecular flexibility index (Phi) is 5.93. The van der Waals surface area contributed by atoms with Crippen LogP contribution in [-0.2, 0) is 4.79 Å². The second-order valence-corrected chi connectivity index (χ2v) is 6.76. The number of aromatic carboxylic acids is 1. The van der Waals surface area contributed by atoms with Crippen molar-refractivity contribution in [2.75, 3.05) is 19.2 Å². The van der Waals surface area contributed by atoms with Crippen LogP contribution in [0.3, 0.4) is 0 Å². The lowest BCUT2D eigenvalue weighted by molar-refractivity contribution is -0.385. The molecular formula is C20H16ClN3O7. The first-order valence-corrected chi connectivity index (χ1v) is 9.10. The quantitative estimate of drug-likeness (QED) is 0.406. The summed E-state index contributed by atoms with van der Waals surface area (Å²) in [7, 11) is 2.74. The Bertz CT molecular complexity index is 1170. The van der Waals surface area contributed by atoms with Crippen molar-refractivity contribution in [1.29, 1.82) is 0 Å². The largest absolute Gasteiger partial charge is 0.493 e. The molecule has 160 valence electrons. The van der Waals surface area contributed by atoms with Crippen molar-refractivity contribution in [1.82, 2.24) is 0 Å². The maximum Gasteiger partial charge on any atom is 0.337 e. The number of nitro groups is 1. The molecule has 31 heavy (non-hydrogen) atoms. The van der Waals surface area contributed by atoms with Crippen LogP contribution in [0.5, 0.6) is 11.5 Å². The smallest absolute Gasteiger partial charge is 0.337 e. The van der Waals surface area contributed by atoms with Crippen LogP contribution in [0.25, 0.3) is 6.08 Å². The number of hydrogen-bond acceptors (Lipinski definition) is 7. The van der Waals surface area contributed by atoms with Gasteiger partial charge in [0.1, 0.15) is 0 Å². The van der Waals surface area contributed by atoms with Crippen molar-refractivity contribution in [2.45, 2.75) is 6.92 Å². The first kappa shape index (κ1) is 21.8. The van der Waals surface area contributed by atoms with Gasteiger partial charge < -0.3 is 14.6 Å². The van der Waals surface area contributed by atoms with Gasteiger partial charge in [0.25, 0.3) is 11.6 Å². The molecule has 1 N–H and O–H groups in total. The molecule has 0 radical (unpaired) electrons. The summed E-state index contributed by atoms with van der Waals surface area (Å²) < 4.78 is 10.3. The summed E-state index contributed by atoms with van der Waals surface area (Å²) >= 11 is 5.88. The Labute approximate surface area is 181 Å². The van der Waals surface area contributed by atoms with Crippen molar-refractivity contribution < 1.29 is 29.1 Å². The van der Waals surface area contributed by atoms with Gasteiger partial charge in [-0.1, -0.05) is 11.6 Å². The van der Waals surface area contributed by atoms with Gasteiger partial charge in [-0.25, -0.2) is 4.79 Å². The van der Waals surface area contributed by atoms with Gasteiger partial charge >= 0.3 is 5.97 Å². The standard InChI is InChI=1S/C20H16ClN3O7/c1-10-13(6-11-7-17(30-2)18(31-3)9-16(11)24(28)29)19(25)23(22-10)12-4-5-15(21)14(8-12)20(26)27/h4-9H,1-3H3,(H,26,27)/b13-6-. The minimum Gasteiger partial charge on any atom is -0.493 e. The van der Waals surface area contributed by atoms with Crippen LogP contribution in [0, 0.1) is 10.1 Å². The number of nitrogens with zero attached hydrogens (tertiary/aromatic N) is 3. The topological polar surface area (TPSA) is 132 Å². The number of hydrazone groups is 1. The minimum absolute atomic E-state index is 0.0142. The monoisotopic (exact) mass is 445 g/mol. The van der Waals surface area contributed by atoms with E-state index in [1.807, 2.05) is 0 Å². The number of ether oxygens (including phenoxy) is 2. The fraction of sp³-hybridized carbons (Fsp3) is 0.150. The maximum atomic E-state index is 13.0. The van der Waals surface area contributed by atoms with E-state index in [4.69, 9.17) is 21.1 Å². The number of amides is 1. The summed E-state index contributed by atoms with van der Waals surface area (Å²) in [5, 5.41) is 26.0. The molecule has 0 spiro atoms. The summed E-state index contributed by atoms with van der Waals surface area (Å²) in [5.74, 6) is -1.42. The van der Waals surface area contributed by atoms with Crippen LogP contribution in [-0.4, -0.2) is 41.8 Å². The third-order valence-electron chi connectivity index (χ3n) is 4.52. The number of methoxy groups -OCH3 is 2. The second kappa shape index (κ2) is 8.44. The Morgan fingerprint density at radius 3 is 2.45 bits per heavy atom. The Morgan fingerprint density at radius 1 is 1.23 bits per heavy atom. The van der Waals surface area contributed by atoms with Crippen LogP contribution in [0.4, 0.5) is 11.4 Å². The van der Waals surface area contributed by atoms with E-state index < -0.39 is 16.8 Å². The summed E-state index contributed by atoms with van der Waals surface area (Å²) in [6.07, 6.45) is 1.33. The highest BCUT2D eigenvalue weighted by molar-refractivity contribution is 6.34. The zero-order chi connectivity index (χ0) is 22.9. The number of anilines is 1. The lowest BCUT2D eigenvalue weighted by atomic mass is 10.0. The highest BCUT2D eigenvalue weighted by atomic mass is 35.5. The lowest BCUT2D eigenvalue weighted by Gasteiger charge is -2.13. The van der Waals surface area contributed by atoms with Gasteiger partial charge in [0, 0.05) is 0 Å². The van der Waals surface area contributed by atoms with Gasteiger partial charge in [-0.05, 0) is 37.3 Å². The molecular weight excluding hydrogens is 430 g/mol. The lowest BCUT2D eigenvalue weighted by Crippen LogP contribution is -2.21. The van der Waals surface area contributed by atoms with Gasteiger partial charge in [-0.3, -0.25) is 14.9 Å². The SMILES string of the molecule is COc1cc(/C=C2\C(=O)N(c3ccc(Cl)c(C(=O)O)c3)N=C2C)c([N+](=O)[O-])cc1OC. The summed E-state index contributed by atoms with van der Waals surface area (Å²) in [6, 6.07) is 6.61. The molecule has 0 saturated heterocycles. The van der Waals surface area contributed by atoms with E-state index in [1.165, 1.54) is 50.6 Å². The predicted molar refractivity (Wildman–Crippen MR) is 113 cm³/mol. The molecule has 1 heterocycles. The normalized spacial score (nSPS) is 14.6. The van der Waals surface area contributed by atoms with E-state index >= 15 is 0 Å². The highest BCUT2D eigenvalue weighted by Crippen LogP contribution is 2.36. The number of carboxylic acid groups (broad SMARTS) is 1. The van der Waals surface area contributed by atoms with Gasteiger partial charge in [0.15, 0.2) is 11.5 Å². The Hall–Kier alpha value is -3.92. The molecule has 1 aliphatic rings. The number of carbonyl (C=O) groups excluding carboxylic acids is 1. The third-order valence-corrected chi connectivity index (χ3v) is 4.85. The van der Waals surface area contributed by atoms with Crippen LogP contribution in [0.2, 0.25) is 5.02 Å². The van der Waals surface area contributed by atoms with Crippen LogP contribution in [0.1, 0.15) is 22.8 Å². The Morgan fingerprint density at radius 2 is 1.87 bits per heavy atom. The third kappa shape index (κ3) is 4.05. The van der Waals surface area contributed by atoms with Gasteiger partial charge in [-0.15, -0.1) is 0 Å². The average molecular weight is 446 g/mol. The minimum atomic E-state index is -1.25. The number of carbonyl (C=O) groups is 2. The van der Waals surface area contributed by atoms with Crippen molar-refractivity contribution in [3.8, 4) is 11.5 Å². The molecule has 0 saturated carbocycles. The molecule has 2 aromatic carbocycles. The molecule has 1 aliphatic heterocycles. The zero-order valence-electron chi connectivity index (χ0n) is 16.6. The summed E-state index contributed by atoms with van der Waals surface area (Å²) in [6.45, 7) is 1.56. The van der Waals surface area contributed by atoms with E-state index in [0.717, 1.165) is 5.01 Å². The molecule has 0 bridgehead atoms. The highest BCUT2D eigenvalue weighted by Gasteiger charge is 2.31. The molecule has 3 rings (SSSR count). The number of benzene rings is 2. The molecule has 0 aliphatic carbocycles. The summed E-state index contributed by atoms with van der Waals surface area (Å²) in [4.78, 5) is 35.2. The summed E-state index contributed by atoms with van der Waals surface area (Å²) in [5.41, 5.74) is 0.223. The number of hydrogen-bond donors (Lipinski definition) is 1. The van der Waals surface area contributed by atoms with Crippen LogP contribution >= 0.6 is 11.6 Å². The Balaban J connectivity index is 2.07. The average Bonchev–Trinajstić information content (AvgIpc) is 3.01. The van der Waals surface area contributed by atoms with E-state index in [-0.39, 0.29) is 44.6 Å². The fourth-order valence-electron chi connectivity index (χ4n) is 2.98. The van der Waals surface area contributed by atoms with Crippen LogP contribution < -0.4 is 14.5 Å². The van der Waals surface area contributed by atoms with E-state index in [2.05, 4.69) is 5.10 Å². The predicted octanol–water partition coefficient (Wildman–Crippen LogP) is 3.77. The number of rotatable bonds is 6. The van der Waals surface area contributed by atoms with Gasteiger partial charge in [0.2, 0.25) is 0 Å². The molecule has 0 unspecified atom stereocenters. The van der Waals surface area contributed by atoms with Gasteiger partial charge in [0.05, 0.1) is 58.3 Å². The molecule has 0 aromatic heterocycles. The number of carboxylic acids is 1. The van der Waals surface area contributed by atoms with Crippen molar-refractivity contribution in [3.05, 3.63) is 62.2 Å². The second-order valence-electron chi connectivity index (χ2n) is 6.35. The number of nitro benzene ring substituents is 1. The van der Waals surface area contributed by atoms with E-state index in [0.29, 0.717) is 5.71 Å². The molecule has 10 nitrogen and oxygen atoms in total. The van der Waals surface area contributed by atoms with Crippen molar-refractivity contribution in [3.63, 3.8) is 0 Å². The number of halogens is 1. The first-order valence-electron chi connectivity index (χ1n) is 8.73. The molecule has 11 heteroatoms. The molecule has 1 amide bonds. The van der Waals surface area contributed by atoms with Crippen molar-refractivity contribution >= 4 is 46.6 Å².